The number of amides is 1. The second-order valence-corrected chi connectivity index (χ2v) is 6.94. The summed E-state index contributed by atoms with van der Waals surface area (Å²) in [4.78, 5) is 22.6. The van der Waals surface area contributed by atoms with Crippen molar-refractivity contribution >= 4 is 33.3 Å². The highest BCUT2D eigenvalue weighted by Gasteiger charge is 2.18. The molecule has 3 rings (SSSR count). The van der Waals surface area contributed by atoms with Gasteiger partial charge in [0.05, 0.1) is 15.9 Å². The van der Waals surface area contributed by atoms with Gasteiger partial charge in [-0.2, -0.15) is 10.2 Å². The van der Waals surface area contributed by atoms with E-state index in [2.05, 4.69) is 31.4 Å². The van der Waals surface area contributed by atoms with E-state index < -0.39 is 4.92 Å². The SMILES string of the molecule is Cc1ccc(Cn2cc(Br)c(NC(=O)Cn3ncc([N+](=O)[O-])c3C)n2)cc1. The smallest absolute Gasteiger partial charge is 0.307 e. The first-order valence-electron chi connectivity index (χ1n) is 8.08. The number of carbonyl (C=O) groups excluding carboxylic acids is 1. The number of hydrogen-bond donors (Lipinski definition) is 1. The van der Waals surface area contributed by atoms with Crippen LogP contribution in [0.1, 0.15) is 16.8 Å². The van der Waals surface area contributed by atoms with E-state index in [-0.39, 0.29) is 18.1 Å². The Labute approximate surface area is 163 Å². The summed E-state index contributed by atoms with van der Waals surface area (Å²) in [6, 6.07) is 8.11. The molecule has 0 bridgehead atoms. The topological polar surface area (TPSA) is 108 Å². The molecule has 0 aliphatic heterocycles. The Hall–Kier alpha value is -3.01. The molecule has 2 aromatic heterocycles. The molecule has 0 spiro atoms. The van der Waals surface area contributed by atoms with Crippen molar-refractivity contribution < 1.29 is 9.72 Å². The molecular weight excluding hydrogens is 416 g/mol. The average Bonchev–Trinajstić information content (AvgIpc) is 3.13. The van der Waals surface area contributed by atoms with Gasteiger partial charge in [-0.15, -0.1) is 0 Å². The maximum Gasteiger partial charge on any atom is 0.309 e. The zero-order chi connectivity index (χ0) is 19.6. The maximum atomic E-state index is 12.3. The Morgan fingerprint density at radius 3 is 2.63 bits per heavy atom. The highest BCUT2D eigenvalue weighted by atomic mass is 79.9. The number of aryl methyl sites for hydroxylation is 1. The molecule has 9 nitrogen and oxygen atoms in total. The van der Waals surface area contributed by atoms with Crippen LogP contribution in [0.5, 0.6) is 0 Å². The van der Waals surface area contributed by atoms with Crippen LogP contribution in [0.4, 0.5) is 11.5 Å². The van der Waals surface area contributed by atoms with Crippen LogP contribution < -0.4 is 5.32 Å². The number of anilines is 1. The molecule has 10 heteroatoms. The first-order valence-corrected chi connectivity index (χ1v) is 8.88. The van der Waals surface area contributed by atoms with Crippen molar-refractivity contribution in [2.75, 3.05) is 5.32 Å². The van der Waals surface area contributed by atoms with Crippen LogP contribution in [-0.2, 0) is 17.9 Å². The molecule has 2 heterocycles. The standard InChI is InChI=1S/C17H17BrN6O3/c1-11-3-5-13(6-4-11)8-22-9-14(18)17(21-22)20-16(25)10-23-12(2)15(7-19-23)24(26)27/h3-7,9H,8,10H2,1-2H3,(H,20,21,25). The van der Waals surface area contributed by atoms with Gasteiger partial charge in [-0.3, -0.25) is 24.3 Å². The van der Waals surface area contributed by atoms with Crippen LogP contribution in [0, 0.1) is 24.0 Å². The molecule has 0 aliphatic rings. The minimum Gasteiger partial charge on any atom is -0.307 e. The van der Waals surface area contributed by atoms with Gasteiger partial charge in [0.2, 0.25) is 5.91 Å². The predicted molar refractivity (Wildman–Crippen MR) is 102 cm³/mol. The summed E-state index contributed by atoms with van der Waals surface area (Å²) in [5, 5.41) is 21.8. The van der Waals surface area contributed by atoms with Crippen molar-refractivity contribution in [2.45, 2.75) is 26.9 Å². The molecule has 0 saturated carbocycles. The third kappa shape index (κ3) is 4.40. The fourth-order valence-corrected chi connectivity index (χ4v) is 2.94. The molecule has 0 fully saturated rings. The quantitative estimate of drug-likeness (QED) is 0.475. The Morgan fingerprint density at radius 2 is 2.00 bits per heavy atom. The van der Waals surface area contributed by atoms with E-state index in [0.29, 0.717) is 22.5 Å². The van der Waals surface area contributed by atoms with Crippen LogP contribution in [0.2, 0.25) is 0 Å². The summed E-state index contributed by atoms with van der Waals surface area (Å²) in [5.41, 5.74) is 2.47. The first-order chi connectivity index (χ1) is 12.8. The van der Waals surface area contributed by atoms with E-state index in [1.165, 1.54) is 10.2 Å². The molecule has 0 radical (unpaired) electrons. The predicted octanol–water partition coefficient (Wildman–Crippen LogP) is 3.05. The van der Waals surface area contributed by atoms with Crippen molar-refractivity contribution in [2.24, 2.45) is 0 Å². The highest BCUT2D eigenvalue weighted by Crippen LogP contribution is 2.21. The lowest BCUT2D eigenvalue weighted by Crippen LogP contribution is -2.21. The van der Waals surface area contributed by atoms with Crippen molar-refractivity contribution in [3.8, 4) is 0 Å². The largest absolute Gasteiger partial charge is 0.309 e. The number of carbonyl (C=O) groups is 1. The number of nitro groups is 1. The van der Waals surface area contributed by atoms with E-state index in [1.54, 1.807) is 17.8 Å². The second-order valence-electron chi connectivity index (χ2n) is 6.09. The zero-order valence-electron chi connectivity index (χ0n) is 14.7. The van der Waals surface area contributed by atoms with E-state index in [1.807, 2.05) is 31.2 Å². The van der Waals surface area contributed by atoms with E-state index in [4.69, 9.17) is 0 Å². The zero-order valence-corrected chi connectivity index (χ0v) is 16.3. The molecule has 0 aliphatic carbocycles. The molecule has 1 amide bonds. The van der Waals surface area contributed by atoms with Crippen LogP contribution in [0.3, 0.4) is 0 Å². The number of aromatic nitrogens is 4. The summed E-state index contributed by atoms with van der Waals surface area (Å²) < 4.78 is 3.64. The molecule has 0 atom stereocenters. The molecule has 140 valence electrons. The van der Waals surface area contributed by atoms with E-state index >= 15 is 0 Å². The van der Waals surface area contributed by atoms with Gasteiger partial charge < -0.3 is 5.32 Å². The van der Waals surface area contributed by atoms with Gasteiger partial charge in [-0.05, 0) is 35.3 Å². The fourth-order valence-electron chi connectivity index (χ4n) is 2.53. The van der Waals surface area contributed by atoms with Crippen molar-refractivity contribution in [1.82, 2.24) is 19.6 Å². The Morgan fingerprint density at radius 1 is 1.30 bits per heavy atom. The lowest BCUT2D eigenvalue weighted by atomic mass is 10.1. The third-order valence-corrected chi connectivity index (χ3v) is 4.59. The van der Waals surface area contributed by atoms with Gasteiger partial charge in [-0.25, -0.2) is 0 Å². The molecule has 1 aromatic carbocycles. The van der Waals surface area contributed by atoms with Gasteiger partial charge in [0.15, 0.2) is 5.82 Å². The summed E-state index contributed by atoms with van der Waals surface area (Å²) in [6.45, 7) is 4.00. The number of halogens is 1. The van der Waals surface area contributed by atoms with Crippen LogP contribution in [-0.4, -0.2) is 30.4 Å². The first kappa shape index (κ1) is 18.8. The molecule has 0 unspecified atom stereocenters. The fraction of sp³-hybridized carbons (Fsp3) is 0.235. The number of nitrogens with zero attached hydrogens (tertiary/aromatic N) is 5. The number of hydrogen-bond acceptors (Lipinski definition) is 5. The molecular formula is C17H17BrN6O3. The number of benzene rings is 1. The van der Waals surface area contributed by atoms with Crippen LogP contribution in [0.15, 0.2) is 41.1 Å². The maximum absolute atomic E-state index is 12.3. The Kier molecular flexibility index (Phi) is 5.36. The van der Waals surface area contributed by atoms with Gasteiger partial charge in [-0.1, -0.05) is 29.8 Å². The van der Waals surface area contributed by atoms with Crippen molar-refractivity contribution in [3.05, 3.63) is 68.1 Å². The molecule has 3 aromatic rings. The van der Waals surface area contributed by atoms with Gasteiger partial charge in [0.1, 0.15) is 18.4 Å². The average molecular weight is 433 g/mol. The third-order valence-electron chi connectivity index (χ3n) is 4.01. The summed E-state index contributed by atoms with van der Waals surface area (Å²) in [7, 11) is 0. The normalized spacial score (nSPS) is 10.8. The van der Waals surface area contributed by atoms with E-state index in [9.17, 15) is 14.9 Å². The Bertz CT molecular complexity index is 993. The van der Waals surface area contributed by atoms with E-state index in [0.717, 1.165) is 11.8 Å². The number of rotatable bonds is 6. The Balaban J connectivity index is 1.67. The minimum atomic E-state index is -0.528. The number of nitrogens with one attached hydrogen (secondary N) is 1. The molecule has 1 N–H and O–H groups in total. The molecule has 0 saturated heterocycles. The van der Waals surface area contributed by atoms with Crippen molar-refractivity contribution in [1.29, 1.82) is 0 Å². The van der Waals surface area contributed by atoms with Crippen molar-refractivity contribution in [3.63, 3.8) is 0 Å². The van der Waals surface area contributed by atoms with Gasteiger partial charge >= 0.3 is 5.69 Å². The lowest BCUT2D eigenvalue weighted by molar-refractivity contribution is -0.385. The van der Waals surface area contributed by atoms with Crippen LogP contribution >= 0.6 is 15.9 Å². The second kappa shape index (κ2) is 7.70. The minimum absolute atomic E-state index is 0.119. The highest BCUT2D eigenvalue weighted by molar-refractivity contribution is 9.10. The lowest BCUT2D eigenvalue weighted by Gasteiger charge is -2.05. The monoisotopic (exact) mass is 432 g/mol. The molecule has 27 heavy (non-hydrogen) atoms. The summed E-state index contributed by atoms with van der Waals surface area (Å²) in [6.07, 6.45) is 2.91. The van der Waals surface area contributed by atoms with Gasteiger partial charge in [0, 0.05) is 6.20 Å². The van der Waals surface area contributed by atoms with Gasteiger partial charge in [0.25, 0.3) is 0 Å². The van der Waals surface area contributed by atoms with Crippen LogP contribution in [0.25, 0.3) is 0 Å². The summed E-state index contributed by atoms with van der Waals surface area (Å²) in [5.74, 6) is 0.00352. The summed E-state index contributed by atoms with van der Waals surface area (Å²) >= 11 is 3.38.